The molecule has 0 spiro atoms. The molecule has 3 aromatic carbocycles. The van der Waals surface area contributed by atoms with Gasteiger partial charge in [-0.25, -0.2) is 10.2 Å². The van der Waals surface area contributed by atoms with Crippen molar-refractivity contribution in [3.8, 4) is 17.2 Å². The highest BCUT2D eigenvalue weighted by atomic mass is 16.6. The fourth-order valence-corrected chi connectivity index (χ4v) is 2.73. The SMILES string of the molecule is COc1ccc(C(=O)Oc2ccc(C=NNC(=O)c3cccc([N+](=O)[O-])c3)cc2OC)cc1. The average Bonchev–Trinajstić information content (AvgIpc) is 2.84. The summed E-state index contributed by atoms with van der Waals surface area (Å²) in [5.41, 5.74) is 3.09. The minimum atomic E-state index is -0.605. The van der Waals surface area contributed by atoms with Gasteiger partial charge < -0.3 is 14.2 Å². The van der Waals surface area contributed by atoms with Gasteiger partial charge in [0.05, 0.1) is 30.9 Å². The molecule has 0 radical (unpaired) electrons. The van der Waals surface area contributed by atoms with E-state index in [2.05, 4.69) is 10.5 Å². The topological polar surface area (TPSA) is 129 Å². The highest BCUT2D eigenvalue weighted by Gasteiger charge is 2.14. The summed E-state index contributed by atoms with van der Waals surface area (Å²) in [6.07, 6.45) is 1.35. The maximum Gasteiger partial charge on any atom is 0.343 e. The van der Waals surface area contributed by atoms with Crippen LogP contribution in [-0.4, -0.2) is 37.2 Å². The Balaban J connectivity index is 1.66. The van der Waals surface area contributed by atoms with Gasteiger partial charge in [0, 0.05) is 17.7 Å². The molecular weight excluding hydrogens is 430 g/mol. The van der Waals surface area contributed by atoms with Gasteiger partial charge in [0.25, 0.3) is 11.6 Å². The predicted molar refractivity (Wildman–Crippen MR) is 119 cm³/mol. The van der Waals surface area contributed by atoms with E-state index in [4.69, 9.17) is 14.2 Å². The monoisotopic (exact) mass is 449 g/mol. The summed E-state index contributed by atoms with van der Waals surface area (Å²) in [6, 6.07) is 16.5. The maximum atomic E-state index is 12.4. The number of nitrogens with one attached hydrogen (secondary N) is 1. The fourth-order valence-electron chi connectivity index (χ4n) is 2.73. The van der Waals surface area contributed by atoms with Crippen molar-refractivity contribution in [1.29, 1.82) is 0 Å². The van der Waals surface area contributed by atoms with E-state index in [1.807, 2.05) is 0 Å². The molecule has 10 nitrogen and oxygen atoms in total. The first-order valence-corrected chi connectivity index (χ1v) is 9.53. The first-order valence-electron chi connectivity index (χ1n) is 9.53. The summed E-state index contributed by atoms with van der Waals surface area (Å²) in [5, 5.41) is 14.7. The van der Waals surface area contributed by atoms with Crippen LogP contribution in [0.15, 0.2) is 71.8 Å². The van der Waals surface area contributed by atoms with Gasteiger partial charge in [0.2, 0.25) is 0 Å². The smallest absolute Gasteiger partial charge is 0.343 e. The first kappa shape index (κ1) is 22.9. The van der Waals surface area contributed by atoms with Gasteiger partial charge in [-0.1, -0.05) is 6.07 Å². The van der Waals surface area contributed by atoms with Crippen LogP contribution in [-0.2, 0) is 0 Å². The van der Waals surface area contributed by atoms with E-state index >= 15 is 0 Å². The van der Waals surface area contributed by atoms with Crippen molar-refractivity contribution in [3.63, 3.8) is 0 Å². The molecule has 0 aliphatic rings. The van der Waals surface area contributed by atoms with Gasteiger partial charge in [-0.3, -0.25) is 14.9 Å². The van der Waals surface area contributed by atoms with Crippen molar-refractivity contribution < 1.29 is 28.7 Å². The molecule has 0 atom stereocenters. The van der Waals surface area contributed by atoms with E-state index in [0.29, 0.717) is 16.9 Å². The molecule has 3 rings (SSSR count). The number of hydrazone groups is 1. The Kier molecular flexibility index (Phi) is 7.32. The molecule has 3 aromatic rings. The number of hydrogen-bond donors (Lipinski definition) is 1. The highest BCUT2D eigenvalue weighted by molar-refractivity contribution is 5.95. The van der Waals surface area contributed by atoms with Crippen LogP contribution in [0.2, 0.25) is 0 Å². The van der Waals surface area contributed by atoms with Gasteiger partial charge in [-0.2, -0.15) is 5.10 Å². The van der Waals surface area contributed by atoms with E-state index in [0.717, 1.165) is 6.07 Å². The van der Waals surface area contributed by atoms with Crippen LogP contribution in [0.4, 0.5) is 5.69 Å². The summed E-state index contributed by atoms with van der Waals surface area (Å²) in [5.74, 6) is -0.0687. The number of hydrogen-bond acceptors (Lipinski definition) is 8. The van der Waals surface area contributed by atoms with Gasteiger partial charge in [-0.15, -0.1) is 0 Å². The van der Waals surface area contributed by atoms with Crippen LogP contribution < -0.4 is 19.6 Å². The Bertz CT molecular complexity index is 1210. The van der Waals surface area contributed by atoms with Crippen LogP contribution in [0.5, 0.6) is 17.2 Å². The van der Waals surface area contributed by atoms with Crippen molar-refractivity contribution in [2.24, 2.45) is 5.10 Å². The standard InChI is InChI=1S/C23H19N3O7/c1-31-19-9-7-16(8-10-19)23(28)33-20-11-6-15(12-21(20)32-2)14-24-25-22(27)17-4-3-5-18(13-17)26(29)30/h3-14H,1-2H3,(H,25,27). The molecule has 0 aliphatic carbocycles. The van der Waals surface area contributed by atoms with Crippen LogP contribution in [0.1, 0.15) is 26.3 Å². The number of methoxy groups -OCH3 is 2. The van der Waals surface area contributed by atoms with Crippen molar-refractivity contribution in [2.75, 3.05) is 14.2 Å². The number of esters is 1. The summed E-state index contributed by atoms with van der Waals surface area (Å²) in [7, 11) is 2.95. The summed E-state index contributed by atoms with van der Waals surface area (Å²) in [6.45, 7) is 0. The second kappa shape index (κ2) is 10.5. The van der Waals surface area contributed by atoms with Crippen LogP contribution in [0.25, 0.3) is 0 Å². The summed E-state index contributed by atoms with van der Waals surface area (Å²) in [4.78, 5) is 34.8. The Morgan fingerprint density at radius 3 is 2.36 bits per heavy atom. The number of amides is 1. The second-order valence-electron chi connectivity index (χ2n) is 6.53. The normalized spacial score (nSPS) is 10.5. The van der Waals surface area contributed by atoms with Gasteiger partial charge in [0.15, 0.2) is 11.5 Å². The molecular formula is C23H19N3O7. The lowest BCUT2D eigenvalue weighted by molar-refractivity contribution is -0.384. The van der Waals surface area contributed by atoms with Gasteiger partial charge in [0.1, 0.15) is 5.75 Å². The second-order valence-corrected chi connectivity index (χ2v) is 6.53. The highest BCUT2D eigenvalue weighted by Crippen LogP contribution is 2.28. The molecule has 0 bridgehead atoms. The third-order valence-corrected chi connectivity index (χ3v) is 4.41. The molecule has 0 aliphatic heterocycles. The summed E-state index contributed by atoms with van der Waals surface area (Å²) >= 11 is 0. The van der Waals surface area contributed by atoms with Crippen molar-refractivity contribution >= 4 is 23.8 Å². The van der Waals surface area contributed by atoms with Gasteiger partial charge in [-0.05, 0) is 54.1 Å². The lowest BCUT2D eigenvalue weighted by atomic mass is 10.2. The van der Waals surface area contributed by atoms with Gasteiger partial charge >= 0.3 is 5.97 Å². The number of carbonyl (C=O) groups is 2. The minimum absolute atomic E-state index is 0.0970. The van der Waals surface area contributed by atoms with E-state index in [-0.39, 0.29) is 22.7 Å². The number of non-ortho nitro benzene ring substituents is 1. The van der Waals surface area contributed by atoms with Crippen molar-refractivity contribution in [3.05, 3.63) is 93.5 Å². The van der Waals surface area contributed by atoms with Crippen molar-refractivity contribution in [2.45, 2.75) is 0 Å². The Morgan fingerprint density at radius 1 is 0.939 bits per heavy atom. The summed E-state index contributed by atoms with van der Waals surface area (Å²) < 4.78 is 15.8. The Labute approximate surface area is 188 Å². The molecule has 0 fully saturated rings. The maximum absolute atomic E-state index is 12.4. The lowest BCUT2D eigenvalue weighted by Crippen LogP contribution is -2.17. The van der Waals surface area contributed by atoms with Crippen LogP contribution >= 0.6 is 0 Å². The average molecular weight is 449 g/mol. The third kappa shape index (κ3) is 5.91. The third-order valence-electron chi connectivity index (χ3n) is 4.41. The zero-order valence-corrected chi connectivity index (χ0v) is 17.7. The molecule has 168 valence electrons. The fraction of sp³-hybridized carbons (Fsp3) is 0.0870. The number of ether oxygens (including phenoxy) is 3. The number of rotatable bonds is 8. The number of nitro benzene ring substituents is 1. The predicted octanol–water partition coefficient (Wildman–Crippen LogP) is 3.60. The molecule has 0 unspecified atom stereocenters. The van der Waals surface area contributed by atoms with Crippen molar-refractivity contribution in [1.82, 2.24) is 5.43 Å². The molecule has 1 amide bonds. The number of nitro groups is 1. The molecule has 0 aromatic heterocycles. The van der Waals surface area contributed by atoms with Crippen LogP contribution in [0, 0.1) is 10.1 Å². The largest absolute Gasteiger partial charge is 0.497 e. The number of nitrogens with zero attached hydrogens (tertiary/aromatic N) is 2. The van der Waals surface area contributed by atoms with E-state index in [1.165, 1.54) is 44.7 Å². The quantitative estimate of drug-likeness (QED) is 0.183. The molecule has 0 saturated heterocycles. The number of benzene rings is 3. The molecule has 10 heteroatoms. The lowest BCUT2D eigenvalue weighted by Gasteiger charge is -2.10. The van der Waals surface area contributed by atoms with E-state index < -0.39 is 16.8 Å². The van der Waals surface area contributed by atoms with E-state index in [9.17, 15) is 19.7 Å². The Hall–Kier alpha value is -4.73. The molecule has 0 saturated carbocycles. The van der Waals surface area contributed by atoms with E-state index in [1.54, 1.807) is 36.4 Å². The zero-order valence-electron chi connectivity index (χ0n) is 17.7. The molecule has 33 heavy (non-hydrogen) atoms. The minimum Gasteiger partial charge on any atom is -0.497 e. The molecule has 0 heterocycles. The zero-order chi connectivity index (χ0) is 23.8. The first-order chi connectivity index (χ1) is 15.9. The number of carbonyl (C=O) groups excluding carboxylic acids is 2. The molecule has 1 N–H and O–H groups in total. The van der Waals surface area contributed by atoms with Crippen LogP contribution in [0.3, 0.4) is 0 Å². The Morgan fingerprint density at radius 2 is 1.70 bits per heavy atom.